The third-order valence-corrected chi connectivity index (χ3v) is 4.57. The Balaban J connectivity index is 2.24. The first kappa shape index (κ1) is 13.7. The van der Waals surface area contributed by atoms with Gasteiger partial charge in [-0.15, -0.1) is 0 Å². The lowest BCUT2D eigenvalue weighted by Crippen LogP contribution is -2.33. The average molecular weight is 270 g/mol. The topological polar surface area (TPSA) is 27.8 Å². The molecule has 1 unspecified atom stereocenters. The fourth-order valence-corrected chi connectivity index (χ4v) is 3.95. The standard InChI is InChI=1S/C18H26N2/c1-6-19-14-9-18(4,5)10-15-17(14)16-12(3)7-11(2)8-13(16)20-15/h7-8,14,19-20H,6,9-10H2,1-5H3. The van der Waals surface area contributed by atoms with Crippen LogP contribution in [0.25, 0.3) is 10.9 Å². The van der Waals surface area contributed by atoms with Gasteiger partial charge in [0.1, 0.15) is 0 Å². The molecule has 0 saturated carbocycles. The Bertz CT molecular complexity index is 649. The molecule has 0 bridgehead atoms. The molecule has 2 heteroatoms. The molecule has 1 aromatic heterocycles. The maximum absolute atomic E-state index is 3.70. The van der Waals surface area contributed by atoms with Gasteiger partial charge in [0.15, 0.2) is 0 Å². The average Bonchev–Trinajstić information content (AvgIpc) is 2.65. The van der Waals surface area contributed by atoms with E-state index < -0.39 is 0 Å². The van der Waals surface area contributed by atoms with E-state index in [0.29, 0.717) is 11.5 Å². The van der Waals surface area contributed by atoms with E-state index in [1.54, 1.807) is 0 Å². The van der Waals surface area contributed by atoms with E-state index in [1.807, 2.05) is 0 Å². The highest BCUT2D eigenvalue weighted by Gasteiger charge is 2.34. The third kappa shape index (κ3) is 2.16. The molecular formula is C18H26N2. The van der Waals surface area contributed by atoms with Crippen LogP contribution in [0.1, 0.15) is 55.6 Å². The van der Waals surface area contributed by atoms with Crippen molar-refractivity contribution in [3.8, 4) is 0 Å². The minimum atomic E-state index is 0.365. The Kier molecular flexibility index (Phi) is 3.17. The highest BCUT2D eigenvalue weighted by molar-refractivity contribution is 5.89. The number of H-pyrrole nitrogens is 1. The summed E-state index contributed by atoms with van der Waals surface area (Å²) in [5.41, 5.74) is 7.39. The van der Waals surface area contributed by atoms with Crippen LogP contribution in [-0.2, 0) is 6.42 Å². The Hall–Kier alpha value is -1.28. The van der Waals surface area contributed by atoms with Gasteiger partial charge in [0.25, 0.3) is 0 Å². The quantitative estimate of drug-likeness (QED) is 0.831. The van der Waals surface area contributed by atoms with Gasteiger partial charge in [-0.3, -0.25) is 0 Å². The second-order valence-corrected chi connectivity index (χ2v) is 7.18. The van der Waals surface area contributed by atoms with Crippen molar-refractivity contribution in [1.29, 1.82) is 0 Å². The molecule has 1 aromatic carbocycles. The molecule has 0 saturated heterocycles. The van der Waals surface area contributed by atoms with Gasteiger partial charge in [-0.05, 0) is 61.4 Å². The molecule has 1 aliphatic rings. The van der Waals surface area contributed by atoms with E-state index in [-0.39, 0.29) is 0 Å². The molecule has 3 rings (SSSR count). The van der Waals surface area contributed by atoms with Gasteiger partial charge >= 0.3 is 0 Å². The van der Waals surface area contributed by atoms with Crippen molar-refractivity contribution in [1.82, 2.24) is 10.3 Å². The van der Waals surface area contributed by atoms with Crippen molar-refractivity contribution in [3.05, 3.63) is 34.5 Å². The molecular weight excluding hydrogens is 244 g/mol. The first-order chi connectivity index (χ1) is 9.41. The summed E-state index contributed by atoms with van der Waals surface area (Å²) in [7, 11) is 0. The van der Waals surface area contributed by atoms with Crippen molar-refractivity contribution >= 4 is 10.9 Å². The Morgan fingerprint density at radius 1 is 1.30 bits per heavy atom. The summed E-state index contributed by atoms with van der Waals surface area (Å²) in [5.74, 6) is 0. The summed E-state index contributed by atoms with van der Waals surface area (Å²) in [5, 5.41) is 5.15. The highest BCUT2D eigenvalue weighted by atomic mass is 14.9. The molecule has 2 aromatic rings. The van der Waals surface area contributed by atoms with Crippen LogP contribution in [0.4, 0.5) is 0 Å². The fourth-order valence-electron chi connectivity index (χ4n) is 3.95. The van der Waals surface area contributed by atoms with Gasteiger partial charge in [0.2, 0.25) is 0 Å². The Morgan fingerprint density at radius 3 is 2.75 bits per heavy atom. The summed E-state index contributed by atoms with van der Waals surface area (Å²) in [6, 6.07) is 5.07. The molecule has 2 nitrogen and oxygen atoms in total. The van der Waals surface area contributed by atoms with Gasteiger partial charge < -0.3 is 10.3 Å². The lowest BCUT2D eigenvalue weighted by atomic mass is 9.73. The maximum Gasteiger partial charge on any atom is 0.0464 e. The van der Waals surface area contributed by atoms with Crippen LogP contribution < -0.4 is 5.32 Å². The molecule has 0 radical (unpaired) electrons. The number of hydrogen-bond acceptors (Lipinski definition) is 1. The molecule has 20 heavy (non-hydrogen) atoms. The van der Waals surface area contributed by atoms with Crippen LogP contribution in [0.3, 0.4) is 0 Å². The second-order valence-electron chi connectivity index (χ2n) is 7.18. The number of aromatic nitrogens is 1. The summed E-state index contributed by atoms with van der Waals surface area (Å²) in [6.07, 6.45) is 2.37. The van der Waals surface area contributed by atoms with Crippen LogP contribution in [-0.4, -0.2) is 11.5 Å². The number of hydrogen-bond donors (Lipinski definition) is 2. The van der Waals surface area contributed by atoms with Crippen molar-refractivity contribution in [2.45, 2.75) is 53.5 Å². The van der Waals surface area contributed by atoms with Crippen LogP contribution in [0.5, 0.6) is 0 Å². The van der Waals surface area contributed by atoms with E-state index >= 15 is 0 Å². The minimum Gasteiger partial charge on any atom is -0.358 e. The van der Waals surface area contributed by atoms with E-state index in [1.165, 1.54) is 39.7 Å². The van der Waals surface area contributed by atoms with Crippen molar-refractivity contribution in [2.24, 2.45) is 5.41 Å². The molecule has 0 aliphatic heterocycles. The maximum atomic E-state index is 3.70. The predicted octanol–water partition coefficient (Wildman–Crippen LogP) is 4.41. The molecule has 0 fully saturated rings. The van der Waals surface area contributed by atoms with Gasteiger partial charge in [0, 0.05) is 22.6 Å². The summed E-state index contributed by atoms with van der Waals surface area (Å²) in [6.45, 7) is 12.4. The van der Waals surface area contributed by atoms with Crippen LogP contribution >= 0.6 is 0 Å². The Labute approximate surface area is 122 Å². The number of nitrogens with one attached hydrogen (secondary N) is 2. The van der Waals surface area contributed by atoms with Crippen molar-refractivity contribution in [3.63, 3.8) is 0 Å². The van der Waals surface area contributed by atoms with Gasteiger partial charge in [-0.25, -0.2) is 0 Å². The van der Waals surface area contributed by atoms with Crippen LogP contribution in [0, 0.1) is 19.3 Å². The number of rotatable bonds is 2. The van der Waals surface area contributed by atoms with Gasteiger partial charge in [-0.2, -0.15) is 0 Å². The first-order valence-corrected chi connectivity index (χ1v) is 7.76. The molecule has 0 amide bonds. The van der Waals surface area contributed by atoms with E-state index in [0.717, 1.165) is 13.0 Å². The summed E-state index contributed by atoms with van der Waals surface area (Å²) in [4.78, 5) is 3.70. The lowest BCUT2D eigenvalue weighted by Gasteiger charge is -2.36. The molecule has 1 aliphatic carbocycles. The smallest absolute Gasteiger partial charge is 0.0464 e. The lowest BCUT2D eigenvalue weighted by molar-refractivity contribution is 0.259. The minimum absolute atomic E-state index is 0.365. The van der Waals surface area contributed by atoms with Gasteiger partial charge in [-0.1, -0.05) is 26.8 Å². The van der Waals surface area contributed by atoms with Crippen LogP contribution in [0.15, 0.2) is 12.1 Å². The number of fused-ring (bicyclic) bond motifs is 3. The summed E-state index contributed by atoms with van der Waals surface area (Å²) >= 11 is 0. The largest absolute Gasteiger partial charge is 0.358 e. The number of aryl methyl sites for hydroxylation is 2. The zero-order valence-electron chi connectivity index (χ0n) is 13.4. The van der Waals surface area contributed by atoms with Gasteiger partial charge in [0.05, 0.1) is 0 Å². The molecule has 1 atom stereocenters. The third-order valence-electron chi connectivity index (χ3n) is 4.57. The highest BCUT2D eigenvalue weighted by Crippen LogP contribution is 2.44. The molecule has 2 N–H and O–H groups in total. The summed E-state index contributed by atoms with van der Waals surface area (Å²) < 4.78 is 0. The first-order valence-electron chi connectivity index (χ1n) is 7.76. The molecule has 0 spiro atoms. The van der Waals surface area contributed by atoms with Crippen molar-refractivity contribution < 1.29 is 0 Å². The van der Waals surface area contributed by atoms with Crippen LogP contribution in [0.2, 0.25) is 0 Å². The molecule has 108 valence electrons. The zero-order chi connectivity index (χ0) is 14.5. The molecule has 1 heterocycles. The van der Waals surface area contributed by atoms with E-state index in [4.69, 9.17) is 0 Å². The van der Waals surface area contributed by atoms with E-state index in [2.05, 4.69) is 57.1 Å². The predicted molar refractivity (Wildman–Crippen MR) is 86.3 cm³/mol. The second kappa shape index (κ2) is 4.63. The normalized spacial score (nSPS) is 21.1. The zero-order valence-corrected chi connectivity index (χ0v) is 13.4. The fraction of sp³-hybridized carbons (Fsp3) is 0.556. The SMILES string of the molecule is CCNC1CC(C)(C)Cc2[nH]c3cc(C)cc(C)c3c21. The number of aromatic amines is 1. The monoisotopic (exact) mass is 270 g/mol. The Morgan fingerprint density at radius 2 is 2.05 bits per heavy atom. The van der Waals surface area contributed by atoms with Crippen molar-refractivity contribution in [2.75, 3.05) is 6.54 Å². The number of benzene rings is 1. The van der Waals surface area contributed by atoms with E-state index in [9.17, 15) is 0 Å².